The van der Waals surface area contributed by atoms with E-state index in [0.29, 0.717) is 12.8 Å². The molecule has 2 aliphatic heterocycles. The predicted octanol–water partition coefficient (Wildman–Crippen LogP) is 2.86. The minimum Gasteiger partial charge on any atom is -0.454 e. The van der Waals surface area contributed by atoms with Crippen molar-refractivity contribution in [2.45, 2.75) is 39.2 Å². The lowest BCUT2D eigenvalue weighted by atomic mass is 9.99. The second kappa shape index (κ2) is 10.9. The number of halogens is 1. The van der Waals surface area contributed by atoms with Crippen LogP contribution in [-0.4, -0.2) is 56.9 Å². The summed E-state index contributed by atoms with van der Waals surface area (Å²) in [7, 11) is 1.82. The summed E-state index contributed by atoms with van der Waals surface area (Å²) in [5, 5.41) is 6.86. The van der Waals surface area contributed by atoms with E-state index < -0.39 is 0 Å². The Bertz CT molecular complexity index is 626. The number of rotatable bonds is 6. The first-order valence-corrected chi connectivity index (χ1v) is 9.73. The molecule has 2 aliphatic rings. The zero-order chi connectivity index (χ0) is 18.4. The number of ether oxygens (including phenoxy) is 2. The predicted molar refractivity (Wildman–Crippen MR) is 120 cm³/mol. The summed E-state index contributed by atoms with van der Waals surface area (Å²) in [6.07, 6.45) is 3.59. The molecule has 6 nitrogen and oxygen atoms in total. The third-order valence-electron chi connectivity index (χ3n) is 5.24. The normalized spacial score (nSPS) is 20.7. The van der Waals surface area contributed by atoms with Crippen LogP contribution in [0.4, 0.5) is 0 Å². The molecular formula is C20H33IN4O2. The number of likely N-dealkylation sites (tertiary alicyclic amines) is 1. The van der Waals surface area contributed by atoms with Crippen molar-refractivity contribution >= 4 is 29.9 Å². The highest BCUT2D eigenvalue weighted by Gasteiger charge is 2.20. The lowest BCUT2D eigenvalue weighted by molar-refractivity contribution is 0.139. The van der Waals surface area contributed by atoms with Crippen LogP contribution in [-0.2, 0) is 6.42 Å². The van der Waals surface area contributed by atoms with Crippen molar-refractivity contribution in [3.05, 3.63) is 23.8 Å². The molecule has 2 unspecified atom stereocenters. The van der Waals surface area contributed by atoms with Gasteiger partial charge in [0.2, 0.25) is 6.79 Å². The molecule has 0 aromatic heterocycles. The van der Waals surface area contributed by atoms with Crippen molar-refractivity contribution in [1.29, 1.82) is 0 Å². The smallest absolute Gasteiger partial charge is 0.231 e. The van der Waals surface area contributed by atoms with E-state index in [4.69, 9.17) is 9.47 Å². The van der Waals surface area contributed by atoms with Crippen LogP contribution < -0.4 is 20.1 Å². The number of fused-ring (bicyclic) bond motifs is 1. The maximum atomic E-state index is 5.43. The summed E-state index contributed by atoms with van der Waals surface area (Å²) in [6, 6.07) is 6.64. The van der Waals surface area contributed by atoms with Gasteiger partial charge < -0.3 is 20.1 Å². The summed E-state index contributed by atoms with van der Waals surface area (Å²) in [6.45, 7) is 9.13. The van der Waals surface area contributed by atoms with E-state index in [1.165, 1.54) is 31.5 Å². The van der Waals surface area contributed by atoms with Crippen LogP contribution in [0, 0.1) is 5.92 Å². The Balaban J connectivity index is 0.00000261. The molecule has 7 heteroatoms. The van der Waals surface area contributed by atoms with Gasteiger partial charge in [0.15, 0.2) is 17.5 Å². The maximum Gasteiger partial charge on any atom is 0.231 e. The monoisotopic (exact) mass is 488 g/mol. The van der Waals surface area contributed by atoms with Crippen molar-refractivity contribution in [3.63, 3.8) is 0 Å². The van der Waals surface area contributed by atoms with Crippen LogP contribution in [0.5, 0.6) is 11.5 Å². The van der Waals surface area contributed by atoms with Gasteiger partial charge in [0.05, 0.1) is 0 Å². The highest BCUT2D eigenvalue weighted by Crippen LogP contribution is 2.32. The lowest BCUT2D eigenvalue weighted by Gasteiger charge is -2.35. The third kappa shape index (κ3) is 6.41. The van der Waals surface area contributed by atoms with Crippen molar-refractivity contribution in [2.24, 2.45) is 10.9 Å². The summed E-state index contributed by atoms with van der Waals surface area (Å²) in [5.41, 5.74) is 1.23. The number of aliphatic imine (C=N–C) groups is 1. The number of hydrogen-bond donors (Lipinski definition) is 2. The molecule has 0 radical (unpaired) electrons. The van der Waals surface area contributed by atoms with Gasteiger partial charge in [0, 0.05) is 32.7 Å². The van der Waals surface area contributed by atoms with Crippen molar-refractivity contribution in [1.82, 2.24) is 15.5 Å². The third-order valence-corrected chi connectivity index (χ3v) is 5.24. The second-order valence-corrected chi connectivity index (χ2v) is 7.41. The quantitative estimate of drug-likeness (QED) is 0.367. The minimum atomic E-state index is 0. The van der Waals surface area contributed by atoms with E-state index in [1.807, 2.05) is 13.1 Å². The van der Waals surface area contributed by atoms with Crippen LogP contribution in [0.25, 0.3) is 0 Å². The van der Waals surface area contributed by atoms with Crippen LogP contribution >= 0.6 is 24.0 Å². The molecule has 2 atom stereocenters. The summed E-state index contributed by atoms with van der Waals surface area (Å²) in [4.78, 5) is 6.92. The van der Waals surface area contributed by atoms with Gasteiger partial charge >= 0.3 is 0 Å². The standard InChI is InChI=1S/C20H32N4O2.HI/c1-15-5-4-10-24(13-15)16(2)12-23-20(21-3)22-9-8-17-6-7-18-19(11-17)26-14-25-18;/h6-7,11,15-16H,4-5,8-10,12-14H2,1-3H3,(H2,21,22,23);1H. The van der Waals surface area contributed by atoms with Crippen LogP contribution in [0.3, 0.4) is 0 Å². The first-order chi connectivity index (χ1) is 12.7. The largest absolute Gasteiger partial charge is 0.454 e. The van der Waals surface area contributed by atoms with Gasteiger partial charge in [-0.3, -0.25) is 9.89 Å². The molecule has 152 valence electrons. The van der Waals surface area contributed by atoms with E-state index in [9.17, 15) is 0 Å². The number of piperidine rings is 1. The molecule has 0 amide bonds. The molecule has 1 fully saturated rings. The van der Waals surface area contributed by atoms with Gasteiger partial charge in [-0.1, -0.05) is 13.0 Å². The molecule has 1 saturated heterocycles. The number of nitrogens with one attached hydrogen (secondary N) is 2. The average molecular weight is 488 g/mol. The molecule has 0 bridgehead atoms. The molecule has 0 spiro atoms. The van der Waals surface area contributed by atoms with Gasteiger partial charge in [-0.2, -0.15) is 0 Å². The number of benzene rings is 1. The fraction of sp³-hybridized carbons (Fsp3) is 0.650. The van der Waals surface area contributed by atoms with Crippen molar-refractivity contribution in [3.8, 4) is 11.5 Å². The van der Waals surface area contributed by atoms with E-state index in [0.717, 1.165) is 42.9 Å². The van der Waals surface area contributed by atoms with E-state index >= 15 is 0 Å². The second-order valence-electron chi connectivity index (χ2n) is 7.41. The van der Waals surface area contributed by atoms with E-state index in [1.54, 1.807) is 0 Å². The van der Waals surface area contributed by atoms with E-state index in [-0.39, 0.29) is 24.0 Å². The number of guanidine groups is 1. The molecule has 2 heterocycles. The van der Waals surface area contributed by atoms with Gasteiger partial charge in [0.25, 0.3) is 0 Å². The zero-order valence-corrected chi connectivity index (χ0v) is 19.0. The van der Waals surface area contributed by atoms with Gasteiger partial charge in [-0.25, -0.2) is 0 Å². The summed E-state index contributed by atoms with van der Waals surface area (Å²) < 4.78 is 10.8. The van der Waals surface area contributed by atoms with E-state index in [2.05, 4.69) is 46.5 Å². The topological polar surface area (TPSA) is 58.1 Å². The summed E-state index contributed by atoms with van der Waals surface area (Å²) >= 11 is 0. The Kier molecular flexibility index (Phi) is 8.95. The van der Waals surface area contributed by atoms with Gasteiger partial charge in [-0.15, -0.1) is 24.0 Å². The minimum absolute atomic E-state index is 0. The number of hydrogen-bond acceptors (Lipinski definition) is 4. The van der Waals surface area contributed by atoms with Gasteiger partial charge in [-0.05, 0) is 56.3 Å². The molecule has 0 aliphatic carbocycles. The Morgan fingerprint density at radius 2 is 2.11 bits per heavy atom. The molecule has 3 rings (SSSR count). The molecular weight excluding hydrogens is 455 g/mol. The van der Waals surface area contributed by atoms with Gasteiger partial charge in [0.1, 0.15) is 0 Å². The maximum absolute atomic E-state index is 5.43. The highest BCUT2D eigenvalue weighted by atomic mass is 127. The zero-order valence-electron chi connectivity index (χ0n) is 16.7. The SMILES string of the molecule is CN=C(NCCc1ccc2c(c1)OCO2)NCC(C)N1CCCC(C)C1.I. The highest BCUT2D eigenvalue weighted by molar-refractivity contribution is 14.0. The van der Waals surface area contributed by atoms with Crippen molar-refractivity contribution < 1.29 is 9.47 Å². The van der Waals surface area contributed by atoms with Crippen LogP contribution in [0.2, 0.25) is 0 Å². The molecule has 1 aromatic rings. The molecule has 0 saturated carbocycles. The Labute approximate surface area is 180 Å². The fourth-order valence-electron chi connectivity index (χ4n) is 3.64. The Morgan fingerprint density at radius 3 is 2.89 bits per heavy atom. The van der Waals surface area contributed by atoms with Crippen molar-refractivity contribution in [2.75, 3.05) is 40.0 Å². The fourth-order valence-corrected chi connectivity index (χ4v) is 3.64. The molecule has 2 N–H and O–H groups in total. The van der Waals surface area contributed by atoms with Crippen LogP contribution in [0.15, 0.2) is 23.2 Å². The molecule has 1 aromatic carbocycles. The van der Waals surface area contributed by atoms with Crippen LogP contribution in [0.1, 0.15) is 32.3 Å². The number of nitrogens with zero attached hydrogens (tertiary/aromatic N) is 2. The lowest BCUT2D eigenvalue weighted by Crippen LogP contribution is -2.48. The average Bonchev–Trinajstić information content (AvgIpc) is 3.12. The summed E-state index contributed by atoms with van der Waals surface area (Å²) in [5.74, 6) is 3.35. The molecule has 27 heavy (non-hydrogen) atoms. The Morgan fingerprint density at radius 1 is 1.30 bits per heavy atom. The first kappa shape index (κ1) is 22.1. The first-order valence-electron chi connectivity index (χ1n) is 9.73. The Hall–Kier alpha value is -1.22.